The maximum absolute atomic E-state index is 11.0. The molecule has 0 heterocycles. The lowest BCUT2D eigenvalue weighted by Gasteiger charge is -2.28. The smallest absolute Gasteiger partial charge is 0.128 e. The van der Waals surface area contributed by atoms with Gasteiger partial charge in [-0.25, -0.2) is 0 Å². The van der Waals surface area contributed by atoms with E-state index in [9.17, 15) is 5.11 Å². The molecule has 0 radical (unpaired) electrons. The van der Waals surface area contributed by atoms with E-state index in [1.54, 1.807) is 7.11 Å². The number of phenols is 1. The summed E-state index contributed by atoms with van der Waals surface area (Å²) >= 11 is 0. The maximum Gasteiger partial charge on any atom is 0.128 e. The molecule has 0 unspecified atom stereocenters. The highest BCUT2D eigenvalue weighted by Crippen LogP contribution is 2.40. The van der Waals surface area contributed by atoms with E-state index in [-0.39, 0.29) is 11.2 Å². The van der Waals surface area contributed by atoms with Crippen LogP contribution in [0.4, 0.5) is 0 Å². The predicted octanol–water partition coefficient (Wildman–Crippen LogP) is 5.72. The van der Waals surface area contributed by atoms with E-state index < -0.39 is 0 Å². The van der Waals surface area contributed by atoms with Crippen molar-refractivity contribution < 1.29 is 9.84 Å². The van der Waals surface area contributed by atoms with Gasteiger partial charge in [0.2, 0.25) is 0 Å². The van der Waals surface area contributed by atoms with E-state index in [4.69, 9.17) is 9.73 Å². The Morgan fingerprint density at radius 3 is 2.37 bits per heavy atom. The Kier molecular flexibility index (Phi) is 5.88. The Labute approximate surface area is 163 Å². The van der Waals surface area contributed by atoms with Gasteiger partial charge in [0.1, 0.15) is 11.5 Å². The molecule has 0 saturated heterocycles. The quantitative estimate of drug-likeness (QED) is 0.688. The molecule has 2 aromatic rings. The Hall–Kier alpha value is -2.29. The number of phenolic OH excluding ortho intramolecular Hbond substituents is 1. The number of methoxy groups -OCH3 is 1. The van der Waals surface area contributed by atoms with Gasteiger partial charge in [0.25, 0.3) is 0 Å². The minimum Gasteiger partial charge on any atom is -0.507 e. The standard InChI is InChI=1S/C24H31NO2/c1-17-10-12-20(13-11-17)25-16-18-14-21(27-4)15-22(23(18)26)24(2,3)19-8-6-5-7-9-19/h5-9,14-17,20,26H,10-13H2,1-4H3. The van der Waals surface area contributed by atoms with Gasteiger partial charge >= 0.3 is 0 Å². The summed E-state index contributed by atoms with van der Waals surface area (Å²) in [5.74, 6) is 1.84. The fraction of sp³-hybridized carbons (Fsp3) is 0.458. The maximum atomic E-state index is 11.0. The first-order chi connectivity index (χ1) is 12.9. The van der Waals surface area contributed by atoms with Crippen LogP contribution in [-0.4, -0.2) is 24.5 Å². The molecule has 2 aromatic carbocycles. The summed E-state index contributed by atoms with van der Waals surface area (Å²) in [5, 5.41) is 11.0. The van der Waals surface area contributed by atoms with Gasteiger partial charge < -0.3 is 9.84 Å². The summed E-state index contributed by atoms with van der Waals surface area (Å²) < 4.78 is 5.51. The van der Waals surface area contributed by atoms with Gasteiger partial charge in [-0.05, 0) is 49.3 Å². The summed E-state index contributed by atoms with van der Waals surface area (Å²) in [5.41, 5.74) is 2.39. The van der Waals surface area contributed by atoms with Crippen molar-refractivity contribution in [2.24, 2.45) is 10.9 Å². The fourth-order valence-electron chi connectivity index (χ4n) is 3.91. The van der Waals surface area contributed by atoms with Crippen molar-refractivity contribution in [3.63, 3.8) is 0 Å². The lowest BCUT2D eigenvalue weighted by atomic mass is 9.77. The van der Waals surface area contributed by atoms with Crippen LogP contribution in [0.5, 0.6) is 11.5 Å². The zero-order valence-electron chi connectivity index (χ0n) is 16.9. The first-order valence-electron chi connectivity index (χ1n) is 9.92. The molecule has 1 aliphatic carbocycles. The van der Waals surface area contributed by atoms with E-state index in [1.165, 1.54) is 12.8 Å². The van der Waals surface area contributed by atoms with Crippen LogP contribution in [0, 0.1) is 5.92 Å². The first-order valence-corrected chi connectivity index (χ1v) is 9.92. The molecule has 1 aliphatic rings. The molecule has 3 nitrogen and oxygen atoms in total. The predicted molar refractivity (Wildman–Crippen MR) is 112 cm³/mol. The summed E-state index contributed by atoms with van der Waals surface area (Å²) in [7, 11) is 1.66. The van der Waals surface area contributed by atoms with Crippen molar-refractivity contribution in [3.8, 4) is 11.5 Å². The van der Waals surface area contributed by atoms with Crippen LogP contribution in [0.25, 0.3) is 0 Å². The molecular weight excluding hydrogens is 334 g/mol. The molecule has 0 atom stereocenters. The molecule has 0 aromatic heterocycles. The second-order valence-electron chi connectivity index (χ2n) is 8.30. The van der Waals surface area contributed by atoms with Crippen LogP contribution in [0.15, 0.2) is 47.5 Å². The fourth-order valence-corrected chi connectivity index (χ4v) is 3.91. The molecule has 0 amide bonds. The SMILES string of the molecule is COc1cc(C=NC2CCC(C)CC2)c(O)c(C(C)(C)c2ccccc2)c1. The number of rotatable bonds is 5. The average Bonchev–Trinajstić information content (AvgIpc) is 2.69. The molecule has 144 valence electrons. The van der Waals surface area contributed by atoms with Crippen molar-refractivity contribution in [1.82, 2.24) is 0 Å². The van der Waals surface area contributed by atoms with Gasteiger partial charge in [0.05, 0.1) is 7.11 Å². The molecule has 0 spiro atoms. The molecule has 0 aliphatic heterocycles. The topological polar surface area (TPSA) is 41.8 Å². The van der Waals surface area contributed by atoms with Crippen LogP contribution in [0.3, 0.4) is 0 Å². The number of hydrogen-bond acceptors (Lipinski definition) is 3. The third-order valence-corrected chi connectivity index (χ3v) is 5.93. The molecular formula is C24H31NO2. The van der Waals surface area contributed by atoms with Crippen LogP contribution in [-0.2, 0) is 5.41 Å². The van der Waals surface area contributed by atoms with Gasteiger partial charge in [-0.3, -0.25) is 4.99 Å². The second kappa shape index (κ2) is 8.16. The molecule has 1 fully saturated rings. The van der Waals surface area contributed by atoms with Crippen LogP contribution in [0.2, 0.25) is 0 Å². The van der Waals surface area contributed by atoms with Gasteiger partial charge in [0, 0.05) is 28.8 Å². The van der Waals surface area contributed by atoms with Gasteiger partial charge in [0.15, 0.2) is 0 Å². The average molecular weight is 366 g/mol. The highest BCUT2D eigenvalue weighted by Gasteiger charge is 2.28. The Bertz CT molecular complexity index is 788. The third kappa shape index (κ3) is 4.35. The second-order valence-corrected chi connectivity index (χ2v) is 8.30. The molecule has 0 bridgehead atoms. The molecule has 3 heteroatoms. The lowest BCUT2D eigenvalue weighted by Crippen LogP contribution is -2.20. The molecule has 1 N–H and O–H groups in total. The van der Waals surface area contributed by atoms with E-state index in [0.717, 1.165) is 41.2 Å². The van der Waals surface area contributed by atoms with E-state index in [2.05, 4.69) is 32.9 Å². The summed E-state index contributed by atoms with van der Waals surface area (Å²) in [4.78, 5) is 4.78. The van der Waals surface area contributed by atoms with Crippen molar-refractivity contribution in [2.75, 3.05) is 7.11 Å². The van der Waals surface area contributed by atoms with Gasteiger partial charge in [-0.2, -0.15) is 0 Å². The van der Waals surface area contributed by atoms with E-state index >= 15 is 0 Å². The largest absolute Gasteiger partial charge is 0.507 e. The van der Waals surface area contributed by atoms with Crippen molar-refractivity contribution in [3.05, 3.63) is 59.2 Å². The number of benzene rings is 2. The van der Waals surface area contributed by atoms with Crippen molar-refractivity contribution in [1.29, 1.82) is 0 Å². The lowest BCUT2D eigenvalue weighted by molar-refractivity contribution is 0.350. The zero-order valence-corrected chi connectivity index (χ0v) is 16.9. The van der Waals surface area contributed by atoms with Crippen molar-refractivity contribution in [2.45, 2.75) is 57.9 Å². The molecule has 1 saturated carbocycles. The van der Waals surface area contributed by atoms with Crippen LogP contribution >= 0.6 is 0 Å². The number of hydrogen-bond donors (Lipinski definition) is 1. The van der Waals surface area contributed by atoms with Crippen LogP contribution in [0.1, 0.15) is 63.1 Å². The highest BCUT2D eigenvalue weighted by atomic mass is 16.5. The molecule has 3 rings (SSSR count). The van der Waals surface area contributed by atoms with Gasteiger partial charge in [-0.1, -0.05) is 51.1 Å². The van der Waals surface area contributed by atoms with Crippen molar-refractivity contribution >= 4 is 6.21 Å². The summed E-state index contributed by atoms with van der Waals surface area (Å²) in [6.45, 7) is 6.56. The Morgan fingerprint density at radius 1 is 1.07 bits per heavy atom. The number of aromatic hydroxyl groups is 1. The Balaban J connectivity index is 1.95. The van der Waals surface area contributed by atoms with Crippen LogP contribution < -0.4 is 4.74 Å². The number of aliphatic imine (C=N–C) groups is 1. The summed E-state index contributed by atoms with van der Waals surface area (Å²) in [6.07, 6.45) is 6.56. The highest BCUT2D eigenvalue weighted by molar-refractivity contribution is 5.85. The van der Waals surface area contributed by atoms with Gasteiger partial charge in [-0.15, -0.1) is 0 Å². The monoisotopic (exact) mass is 365 g/mol. The zero-order chi connectivity index (χ0) is 19.4. The van der Waals surface area contributed by atoms with E-state index in [0.29, 0.717) is 6.04 Å². The third-order valence-electron chi connectivity index (χ3n) is 5.93. The first kappa shape index (κ1) is 19.5. The molecule has 27 heavy (non-hydrogen) atoms. The Morgan fingerprint density at radius 2 is 1.74 bits per heavy atom. The summed E-state index contributed by atoms with van der Waals surface area (Å²) in [6, 6.07) is 14.4. The normalized spacial score (nSPS) is 20.7. The number of ether oxygens (including phenoxy) is 1. The van der Waals surface area contributed by atoms with E-state index in [1.807, 2.05) is 36.5 Å². The number of nitrogens with zero attached hydrogens (tertiary/aromatic N) is 1. The minimum atomic E-state index is -0.345. The minimum absolute atomic E-state index is 0.289.